The van der Waals surface area contributed by atoms with Crippen molar-refractivity contribution in [3.05, 3.63) is 46.8 Å². The first-order chi connectivity index (χ1) is 10.4. The van der Waals surface area contributed by atoms with E-state index >= 15 is 0 Å². The summed E-state index contributed by atoms with van der Waals surface area (Å²) in [6.07, 6.45) is 1.67. The minimum absolute atomic E-state index is 0.0802. The average molecular weight is 294 g/mol. The number of nitrogens with two attached hydrogens (primary N) is 1. The topological polar surface area (TPSA) is 73.8 Å². The maximum Gasteiger partial charge on any atom is 0.165 e. The number of anilines is 1. The van der Waals surface area contributed by atoms with Crippen molar-refractivity contribution in [2.24, 2.45) is 0 Å². The average Bonchev–Trinajstić information content (AvgIpc) is 2.85. The van der Waals surface area contributed by atoms with Gasteiger partial charge in [-0.3, -0.25) is 4.79 Å². The highest BCUT2D eigenvalue weighted by Crippen LogP contribution is 2.27. The van der Waals surface area contributed by atoms with Gasteiger partial charge in [0.25, 0.3) is 0 Å². The molecule has 3 rings (SSSR count). The van der Waals surface area contributed by atoms with E-state index in [0.29, 0.717) is 28.0 Å². The zero-order chi connectivity index (χ0) is 16.0. The summed E-state index contributed by atoms with van der Waals surface area (Å²) in [7, 11) is 0. The van der Waals surface area contributed by atoms with Crippen molar-refractivity contribution in [2.45, 2.75) is 27.7 Å². The molecule has 0 atom stereocenters. The normalized spacial score (nSPS) is 11.1. The van der Waals surface area contributed by atoms with E-state index in [1.807, 2.05) is 6.07 Å². The van der Waals surface area contributed by atoms with Crippen molar-refractivity contribution < 1.29 is 4.79 Å². The molecule has 0 aliphatic rings. The van der Waals surface area contributed by atoms with E-state index in [0.717, 1.165) is 5.69 Å². The van der Waals surface area contributed by atoms with Gasteiger partial charge in [-0.1, -0.05) is 6.07 Å². The lowest BCUT2D eigenvalue weighted by atomic mass is 10.1. The van der Waals surface area contributed by atoms with Gasteiger partial charge in [-0.2, -0.15) is 5.10 Å². The van der Waals surface area contributed by atoms with E-state index in [1.54, 1.807) is 17.8 Å². The Morgan fingerprint density at radius 3 is 2.55 bits per heavy atom. The van der Waals surface area contributed by atoms with Crippen LogP contribution < -0.4 is 5.73 Å². The van der Waals surface area contributed by atoms with Gasteiger partial charge >= 0.3 is 0 Å². The maximum atomic E-state index is 11.7. The molecule has 22 heavy (non-hydrogen) atoms. The van der Waals surface area contributed by atoms with Crippen molar-refractivity contribution >= 4 is 22.5 Å². The number of hydrogen-bond donors (Lipinski definition) is 1. The molecule has 0 fully saturated rings. The highest BCUT2D eigenvalue weighted by Gasteiger charge is 2.17. The van der Waals surface area contributed by atoms with Crippen LogP contribution in [0.25, 0.3) is 16.7 Å². The van der Waals surface area contributed by atoms with Gasteiger partial charge in [0.15, 0.2) is 11.4 Å². The lowest BCUT2D eigenvalue weighted by Crippen LogP contribution is -2.07. The van der Waals surface area contributed by atoms with Gasteiger partial charge < -0.3 is 5.73 Å². The third-order valence-corrected chi connectivity index (χ3v) is 4.03. The first-order valence-electron chi connectivity index (χ1n) is 7.12. The monoisotopic (exact) mass is 294 g/mol. The fourth-order valence-corrected chi connectivity index (χ4v) is 2.67. The van der Waals surface area contributed by atoms with Gasteiger partial charge in [-0.05, 0) is 51.0 Å². The molecule has 0 saturated carbocycles. The highest BCUT2D eigenvalue weighted by atomic mass is 16.1. The van der Waals surface area contributed by atoms with Crippen molar-refractivity contribution in [3.63, 3.8) is 0 Å². The van der Waals surface area contributed by atoms with Gasteiger partial charge in [-0.15, -0.1) is 0 Å². The van der Waals surface area contributed by atoms with Gasteiger partial charge in [0.2, 0.25) is 0 Å². The fourth-order valence-electron chi connectivity index (χ4n) is 2.67. The van der Waals surface area contributed by atoms with E-state index in [2.05, 4.69) is 36.1 Å². The van der Waals surface area contributed by atoms with E-state index in [1.165, 1.54) is 18.1 Å². The van der Waals surface area contributed by atoms with Crippen LogP contribution in [0.5, 0.6) is 0 Å². The molecule has 0 radical (unpaired) electrons. The van der Waals surface area contributed by atoms with Crippen LogP contribution in [0.15, 0.2) is 24.4 Å². The second kappa shape index (κ2) is 4.94. The predicted octanol–water partition coefficient (Wildman–Crippen LogP) is 3.13. The number of nitrogens with zero attached hydrogens (tertiary/aromatic N) is 3. The van der Waals surface area contributed by atoms with Gasteiger partial charge in [0.1, 0.15) is 0 Å². The van der Waals surface area contributed by atoms with Crippen LogP contribution in [-0.2, 0) is 0 Å². The molecular weight excluding hydrogens is 276 g/mol. The number of carbonyl (C=O) groups excluding carboxylic acids is 1. The number of benzene rings is 1. The molecule has 3 aromatic rings. The zero-order valence-electron chi connectivity index (χ0n) is 13.1. The second-order valence-electron chi connectivity index (χ2n) is 5.60. The number of Topliss-reactive ketones (excluding diaryl/α,β-unsaturated/α-hetero) is 1. The van der Waals surface area contributed by atoms with E-state index in [9.17, 15) is 4.79 Å². The number of carbonyl (C=O) groups is 1. The summed E-state index contributed by atoms with van der Waals surface area (Å²) in [6, 6.07) is 6.12. The van der Waals surface area contributed by atoms with Crippen molar-refractivity contribution in [2.75, 3.05) is 5.73 Å². The molecule has 0 bridgehead atoms. The summed E-state index contributed by atoms with van der Waals surface area (Å²) < 4.78 is 1.76. The molecule has 0 aliphatic heterocycles. The Labute approximate surface area is 128 Å². The van der Waals surface area contributed by atoms with Crippen LogP contribution in [0.1, 0.15) is 34.1 Å². The van der Waals surface area contributed by atoms with E-state index < -0.39 is 0 Å². The number of aryl methyl sites for hydroxylation is 3. The van der Waals surface area contributed by atoms with Crippen molar-refractivity contribution in [3.8, 4) is 5.69 Å². The molecular formula is C17H18N4O. The second-order valence-corrected chi connectivity index (χ2v) is 5.60. The summed E-state index contributed by atoms with van der Waals surface area (Å²) in [4.78, 5) is 16.3. The predicted molar refractivity (Wildman–Crippen MR) is 87.5 cm³/mol. The van der Waals surface area contributed by atoms with Crippen LogP contribution in [-0.4, -0.2) is 20.5 Å². The molecule has 2 heterocycles. The number of fused-ring (bicyclic) bond motifs is 1. The molecule has 5 heteroatoms. The minimum Gasteiger partial charge on any atom is -0.397 e. The van der Waals surface area contributed by atoms with Crippen LogP contribution in [0.3, 0.4) is 0 Å². The Hall–Kier alpha value is -2.69. The number of nitrogen functional groups attached to an aromatic ring is 1. The number of hydrogen-bond acceptors (Lipinski definition) is 4. The van der Waals surface area contributed by atoms with Crippen molar-refractivity contribution in [1.82, 2.24) is 14.8 Å². The summed E-state index contributed by atoms with van der Waals surface area (Å²) >= 11 is 0. The van der Waals surface area contributed by atoms with Crippen LogP contribution >= 0.6 is 0 Å². The summed E-state index contributed by atoms with van der Waals surface area (Å²) in [5.74, 6) is -0.0802. The quantitative estimate of drug-likeness (QED) is 0.737. The van der Waals surface area contributed by atoms with Gasteiger partial charge in [0, 0.05) is 0 Å². The standard InChI is InChI=1S/C17H18N4O/c1-9-5-6-13(7-10(9)2)21-17-14(8-19-21)16(18)15(12(4)22)11(3)20-17/h5-8H,1-4H3,(H2,18,20). The van der Waals surface area contributed by atoms with Gasteiger partial charge in [0.05, 0.1) is 34.2 Å². The smallest absolute Gasteiger partial charge is 0.165 e. The SMILES string of the molecule is CC(=O)c1c(C)nc2c(cnn2-c2ccc(C)c(C)c2)c1N. The Balaban J connectivity index is 2.29. The highest BCUT2D eigenvalue weighted by molar-refractivity contribution is 6.06. The maximum absolute atomic E-state index is 11.7. The molecule has 2 N–H and O–H groups in total. The molecule has 0 amide bonds. The lowest BCUT2D eigenvalue weighted by Gasteiger charge is -2.09. The summed E-state index contributed by atoms with van der Waals surface area (Å²) in [5.41, 5.74) is 11.7. The minimum atomic E-state index is -0.0802. The van der Waals surface area contributed by atoms with Crippen molar-refractivity contribution in [1.29, 1.82) is 0 Å². The first kappa shape index (κ1) is 14.3. The Morgan fingerprint density at radius 1 is 1.18 bits per heavy atom. The van der Waals surface area contributed by atoms with Crippen LogP contribution in [0.4, 0.5) is 5.69 Å². The molecule has 5 nitrogen and oxygen atoms in total. The van der Waals surface area contributed by atoms with E-state index in [-0.39, 0.29) is 5.78 Å². The molecule has 0 spiro atoms. The molecule has 0 unspecified atom stereocenters. The number of pyridine rings is 1. The molecule has 1 aromatic carbocycles. The zero-order valence-corrected chi connectivity index (χ0v) is 13.1. The Kier molecular flexibility index (Phi) is 3.20. The molecule has 2 aromatic heterocycles. The summed E-state index contributed by atoms with van der Waals surface area (Å²) in [6.45, 7) is 7.43. The molecule has 0 saturated heterocycles. The number of aromatic nitrogens is 3. The van der Waals surface area contributed by atoms with Crippen LogP contribution in [0.2, 0.25) is 0 Å². The third kappa shape index (κ3) is 2.06. The first-order valence-corrected chi connectivity index (χ1v) is 7.12. The lowest BCUT2D eigenvalue weighted by molar-refractivity contribution is 0.101. The largest absolute Gasteiger partial charge is 0.397 e. The molecule has 112 valence electrons. The summed E-state index contributed by atoms with van der Waals surface area (Å²) in [5, 5.41) is 5.10. The number of ketones is 1. The Morgan fingerprint density at radius 2 is 1.91 bits per heavy atom. The van der Waals surface area contributed by atoms with Crippen LogP contribution in [0, 0.1) is 20.8 Å². The fraction of sp³-hybridized carbons (Fsp3) is 0.235. The van der Waals surface area contributed by atoms with Gasteiger partial charge in [-0.25, -0.2) is 9.67 Å². The van der Waals surface area contributed by atoms with E-state index in [4.69, 9.17) is 5.73 Å². The molecule has 0 aliphatic carbocycles. The number of rotatable bonds is 2. The third-order valence-electron chi connectivity index (χ3n) is 4.03. The Bertz CT molecular complexity index is 909.